The third-order valence-corrected chi connectivity index (χ3v) is 13.0. The molecule has 4 N–H and O–H groups in total. The Morgan fingerprint density at radius 1 is 0.800 bits per heavy atom. The average molecular weight is 943 g/mol. The summed E-state index contributed by atoms with van der Waals surface area (Å²) in [6.45, 7) is 8.29. The highest BCUT2D eigenvalue weighted by molar-refractivity contribution is 7.47. The number of phosphoric acid groups is 1. The number of hydrogen-bond donors (Lipinski definition) is 4. The number of aliphatic hydroxyl groups is 3. The topological polar surface area (TPSA) is 191 Å². The first-order chi connectivity index (χ1) is 30.9. The molecular weight excluding hydrogens is 854 g/mol. The second-order valence-corrected chi connectivity index (χ2v) is 20.4. The fourth-order valence-electron chi connectivity index (χ4n) is 7.70. The zero-order valence-corrected chi connectivity index (χ0v) is 42.1. The number of hydrogen-bond acceptors (Lipinski definition) is 12. The maximum Gasteiger partial charge on any atom is 0.472 e. The van der Waals surface area contributed by atoms with E-state index in [1.54, 1.807) is 12.2 Å². The third-order valence-electron chi connectivity index (χ3n) is 12.0. The molecule has 15 heteroatoms. The molecule has 0 amide bonds. The molecular formula is C50H89NO13P+. The summed E-state index contributed by atoms with van der Waals surface area (Å²) >= 11 is 0. The van der Waals surface area contributed by atoms with Gasteiger partial charge in [-0.3, -0.25) is 18.6 Å². The van der Waals surface area contributed by atoms with Crippen LogP contribution >= 0.6 is 7.82 Å². The molecule has 1 aromatic rings. The monoisotopic (exact) mass is 943 g/mol. The van der Waals surface area contributed by atoms with E-state index in [9.17, 15) is 34.4 Å². The smallest absolute Gasteiger partial charge is 0.466 e. The number of carbonyl (C=O) groups is 2. The molecule has 65 heavy (non-hydrogen) atoms. The standard InChI is InChI=1S/C50H88NO13P/c1-8-10-20-26-41(52)32-33-47-43(44(53)36-50(56)64-47)27-22-18-19-25-31-49(55)62-42(38-61-65(57,58)60-35-34-51(5,6)7)37-59-48(54)30-24-17-15-13-12-14-16-23-29-46-40(4)39(3)45(63-46)28-21-11-9-2/h18,22,32-33,41-44,47,50,52-53,56H,8-17,19-21,23-31,34-38H2,1-7H3/p+1/b22-18-,33-32+/t41-,42+,43-,44-,47+,50?/m0/s1. The van der Waals surface area contributed by atoms with Crippen LogP contribution < -0.4 is 0 Å². The lowest BCUT2D eigenvalue weighted by molar-refractivity contribution is -0.870. The van der Waals surface area contributed by atoms with Crippen molar-refractivity contribution in [3.63, 3.8) is 0 Å². The minimum Gasteiger partial charge on any atom is -0.466 e. The maximum atomic E-state index is 12.9. The van der Waals surface area contributed by atoms with Crippen molar-refractivity contribution < 1.29 is 66.5 Å². The number of nitrogens with zero attached hydrogens (tertiary/aromatic N) is 1. The molecule has 1 aromatic heterocycles. The van der Waals surface area contributed by atoms with Gasteiger partial charge in [-0.1, -0.05) is 109 Å². The van der Waals surface area contributed by atoms with Crippen LogP contribution in [0.15, 0.2) is 28.7 Å². The van der Waals surface area contributed by atoms with Gasteiger partial charge in [-0.25, -0.2) is 4.57 Å². The van der Waals surface area contributed by atoms with Gasteiger partial charge in [0.25, 0.3) is 0 Å². The van der Waals surface area contributed by atoms with Gasteiger partial charge in [0.15, 0.2) is 12.4 Å². The first-order valence-corrected chi connectivity index (χ1v) is 26.3. The molecule has 7 atom stereocenters. The van der Waals surface area contributed by atoms with Crippen molar-refractivity contribution in [3.8, 4) is 0 Å². The zero-order valence-electron chi connectivity index (χ0n) is 41.2. The molecule has 2 unspecified atom stereocenters. The molecule has 1 aliphatic rings. The fraction of sp³-hybridized carbons (Fsp3) is 0.800. The molecule has 2 heterocycles. The Kier molecular flexibility index (Phi) is 30.0. The highest BCUT2D eigenvalue weighted by Gasteiger charge is 2.35. The molecule has 1 saturated heterocycles. The quantitative estimate of drug-likeness (QED) is 0.0162. The summed E-state index contributed by atoms with van der Waals surface area (Å²) in [4.78, 5) is 35.8. The Balaban J connectivity index is 1.76. The lowest BCUT2D eigenvalue weighted by atomic mass is 9.87. The summed E-state index contributed by atoms with van der Waals surface area (Å²) in [5, 5.41) is 31.1. The van der Waals surface area contributed by atoms with Crippen molar-refractivity contribution in [3.05, 3.63) is 47.0 Å². The van der Waals surface area contributed by atoms with Crippen LogP contribution in [0.1, 0.15) is 171 Å². The molecule has 0 aliphatic carbocycles. The van der Waals surface area contributed by atoms with Gasteiger partial charge in [0.2, 0.25) is 0 Å². The summed E-state index contributed by atoms with van der Waals surface area (Å²) in [5.41, 5.74) is 2.63. The van der Waals surface area contributed by atoms with Crippen molar-refractivity contribution in [2.45, 2.75) is 206 Å². The number of aliphatic hydroxyl groups excluding tert-OH is 3. The second-order valence-electron chi connectivity index (χ2n) is 19.0. The number of unbranched alkanes of at least 4 members (excludes halogenated alkanes) is 12. The van der Waals surface area contributed by atoms with Gasteiger partial charge >= 0.3 is 19.8 Å². The van der Waals surface area contributed by atoms with E-state index in [4.69, 9.17) is 27.7 Å². The normalized spacial score (nSPS) is 20.0. The van der Waals surface area contributed by atoms with Gasteiger partial charge in [0.1, 0.15) is 31.3 Å². The minimum absolute atomic E-state index is 0.0240. The highest BCUT2D eigenvalue weighted by atomic mass is 31.2. The number of aryl methyl sites for hydroxylation is 2. The van der Waals surface area contributed by atoms with Gasteiger partial charge in [0.05, 0.1) is 46.1 Å². The van der Waals surface area contributed by atoms with Gasteiger partial charge in [-0.05, 0) is 69.9 Å². The van der Waals surface area contributed by atoms with Crippen LogP contribution in [0.25, 0.3) is 0 Å². The van der Waals surface area contributed by atoms with Crippen LogP contribution in [0.3, 0.4) is 0 Å². The molecule has 1 fully saturated rings. The predicted octanol–water partition coefficient (Wildman–Crippen LogP) is 9.68. The first kappa shape index (κ1) is 58.7. The Labute approximate surface area is 391 Å². The largest absolute Gasteiger partial charge is 0.472 e. The Hall–Kier alpha value is -2.39. The fourth-order valence-corrected chi connectivity index (χ4v) is 8.44. The zero-order chi connectivity index (χ0) is 48.1. The number of likely N-dealkylation sites (N-methyl/N-ethyl adjacent to an activating group) is 1. The summed E-state index contributed by atoms with van der Waals surface area (Å²) in [6, 6.07) is 0. The number of rotatable bonds is 37. The number of quaternary nitrogens is 1. The average Bonchev–Trinajstić information content (AvgIpc) is 3.50. The van der Waals surface area contributed by atoms with Crippen molar-refractivity contribution >= 4 is 19.8 Å². The van der Waals surface area contributed by atoms with E-state index in [1.807, 2.05) is 33.3 Å². The summed E-state index contributed by atoms with van der Waals surface area (Å²) < 4.78 is 46.3. The number of furan rings is 1. The third kappa shape index (κ3) is 27.3. The van der Waals surface area contributed by atoms with Gasteiger partial charge in [-0.2, -0.15) is 0 Å². The molecule has 2 rings (SSSR count). The molecule has 0 aromatic carbocycles. The van der Waals surface area contributed by atoms with Crippen LogP contribution in [0.5, 0.6) is 0 Å². The van der Waals surface area contributed by atoms with Crippen LogP contribution in [-0.2, 0) is 50.3 Å². The van der Waals surface area contributed by atoms with E-state index in [0.717, 1.165) is 82.1 Å². The molecule has 0 radical (unpaired) electrons. The molecule has 14 nitrogen and oxygen atoms in total. The van der Waals surface area contributed by atoms with Crippen LogP contribution in [-0.4, -0.2) is 115 Å². The number of allylic oxidation sites excluding steroid dienone is 2. The lowest BCUT2D eigenvalue weighted by Crippen LogP contribution is -2.43. The van der Waals surface area contributed by atoms with Gasteiger partial charge in [0, 0.05) is 38.0 Å². The lowest BCUT2D eigenvalue weighted by Gasteiger charge is -2.36. The minimum atomic E-state index is -4.47. The SMILES string of the molecule is CCCCCc1oc(CCCCCCCCCCC(=O)OC[C@H](COP(=O)(O)OCC[N+](C)(C)C)OC(=O)CCC/C=C\C[C@H]2[C@@H](O)CC(O)O[C@@H]2/C=C/[C@@H](O)CCCCC)c(C)c1C. The highest BCUT2D eigenvalue weighted by Crippen LogP contribution is 2.43. The molecule has 0 spiro atoms. The molecule has 0 bridgehead atoms. The molecule has 376 valence electrons. The number of carbonyl (C=O) groups excluding carboxylic acids is 2. The van der Waals surface area contributed by atoms with Crippen molar-refractivity contribution in [2.75, 3.05) is 47.5 Å². The van der Waals surface area contributed by atoms with Crippen molar-refractivity contribution in [1.29, 1.82) is 0 Å². The van der Waals surface area contributed by atoms with E-state index in [2.05, 4.69) is 27.7 Å². The Morgan fingerprint density at radius 2 is 1.40 bits per heavy atom. The summed E-state index contributed by atoms with van der Waals surface area (Å²) in [7, 11) is 1.29. The van der Waals surface area contributed by atoms with Crippen LogP contribution in [0, 0.1) is 19.8 Å². The summed E-state index contributed by atoms with van der Waals surface area (Å²) in [5.74, 6) is 0.973. The molecule has 1 aliphatic heterocycles. The summed E-state index contributed by atoms with van der Waals surface area (Å²) in [6.07, 6.45) is 22.4. The van der Waals surface area contributed by atoms with Crippen LogP contribution in [0.2, 0.25) is 0 Å². The first-order valence-electron chi connectivity index (χ1n) is 24.8. The molecule has 0 saturated carbocycles. The van der Waals surface area contributed by atoms with E-state index >= 15 is 0 Å². The van der Waals surface area contributed by atoms with Crippen molar-refractivity contribution in [2.24, 2.45) is 5.92 Å². The van der Waals surface area contributed by atoms with Crippen LogP contribution in [0.4, 0.5) is 0 Å². The van der Waals surface area contributed by atoms with Gasteiger partial charge in [-0.15, -0.1) is 0 Å². The number of ether oxygens (including phenoxy) is 3. The van der Waals surface area contributed by atoms with E-state index in [0.29, 0.717) is 43.1 Å². The second kappa shape index (κ2) is 33.2. The number of esters is 2. The predicted molar refractivity (Wildman–Crippen MR) is 254 cm³/mol. The Morgan fingerprint density at radius 3 is 2.05 bits per heavy atom. The maximum absolute atomic E-state index is 12.9. The van der Waals surface area contributed by atoms with Crippen molar-refractivity contribution in [1.82, 2.24) is 0 Å². The van der Waals surface area contributed by atoms with E-state index in [1.165, 1.54) is 36.8 Å². The van der Waals surface area contributed by atoms with E-state index < -0.39 is 57.1 Å². The van der Waals surface area contributed by atoms with E-state index in [-0.39, 0.29) is 38.4 Å². The Bertz CT molecular complexity index is 1560. The number of phosphoric ester groups is 1. The van der Waals surface area contributed by atoms with Gasteiger partial charge < -0.3 is 43.3 Å².